The summed E-state index contributed by atoms with van der Waals surface area (Å²) in [6, 6.07) is 0. The van der Waals surface area contributed by atoms with Crippen LogP contribution in [0, 0.1) is 0 Å². The fraction of sp³-hybridized carbons (Fsp3) is 0.333. The van der Waals surface area contributed by atoms with Gasteiger partial charge in [0.15, 0.2) is 0 Å². The van der Waals surface area contributed by atoms with Crippen LogP contribution >= 0.6 is 11.6 Å². The fourth-order valence-electron chi connectivity index (χ4n) is 1.22. The molecule has 0 saturated heterocycles. The van der Waals surface area contributed by atoms with Crippen LogP contribution in [0.5, 0.6) is 0 Å². The Morgan fingerprint density at radius 2 is 2.20 bits per heavy atom. The van der Waals surface area contributed by atoms with Gasteiger partial charge in [0.2, 0.25) is 0 Å². The quantitative estimate of drug-likeness (QED) is 0.816. The smallest absolute Gasteiger partial charge is 0.307 e. The lowest BCUT2D eigenvalue weighted by Crippen LogP contribution is -2.06. The van der Waals surface area contributed by atoms with Crippen LogP contribution in [0.4, 0.5) is 8.78 Å². The molecule has 0 bridgehead atoms. The van der Waals surface area contributed by atoms with Crippen LogP contribution in [0.15, 0.2) is 12.4 Å². The predicted molar refractivity (Wildman–Crippen MR) is 50.1 cm³/mol. The second kappa shape index (κ2) is 5.02. The molecule has 1 rings (SSSR count). The fourth-order valence-corrected chi connectivity index (χ4v) is 1.54. The van der Waals surface area contributed by atoms with Gasteiger partial charge in [0.05, 0.1) is 6.42 Å². The SMILES string of the molecule is O=C(O)Cc1cncc(C(F)F)c1CCl. The number of hydrogen-bond acceptors (Lipinski definition) is 2. The summed E-state index contributed by atoms with van der Waals surface area (Å²) in [4.78, 5) is 14.0. The average molecular weight is 236 g/mol. The minimum absolute atomic E-state index is 0.148. The van der Waals surface area contributed by atoms with Crippen LogP contribution in [0.25, 0.3) is 0 Å². The van der Waals surface area contributed by atoms with Gasteiger partial charge in [-0.3, -0.25) is 9.78 Å². The molecule has 1 aromatic rings. The van der Waals surface area contributed by atoms with Gasteiger partial charge < -0.3 is 5.11 Å². The first kappa shape index (κ1) is 11.8. The first-order chi connectivity index (χ1) is 7.06. The standard InChI is InChI=1S/C9H8ClF2NO2/c10-2-6-5(1-8(14)15)3-13-4-7(6)9(11)12/h3-4,9H,1-2H2,(H,14,15). The first-order valence-electron chi connectivity index (χ1n) is 4.07. The number of pyridine rings is 1. The number of carboxylic acids is 1. The van der Waals surface area contributed by atoms with Gasteiger partial charge in [-0.05, 0) is 11.1 Å². The average Bonchev–Trinajstić information content (AvgIpc) is 2.16. The molecule has 1 heterocycles. The highest BCUT2D eigenvalue weighted by molar-refractivity contribution is 6.17. The Hall–Kier alpha value is -1.23. The van der Waals surface area contributed by atoms with Gasteiger partial charge in [-0.25, -0.2) is 8.78 Å². The normalized spacial score (nSPS) is 10.7. The van der Waals surface area contributed by atoms with E-state index < -0.39 is 12.4 Å². The number of hydrogen-bond donors (Lipinski definition) is 1. The number of alkyl halides is 3. The molecule has 0 aliphatic carbocycles. The number of halogens is 3. The van der Waals surface area contributed by atoms with Crippen molar-refractivity contribution in [2.75, 3.05) is 0 Å². The number of aromatic nitrogens is 1. The van der Waals surface area contributed by atoms with Gasteiger partial charge in [0, 0.05) is 23.8 Å². The van der Waals surface area contributed by atoms with Crippen LogP contribution in [0.2, 0.25) is 0 Å². The van der Waals surface area contributed by atoms with Crippen molar-refractivity contribution in [2.45, 2.75) is 18.7 Å². The molecule has 0 radical (unpaired) electrons. The summed E-state index contributed by atoms with van der Waals surface area (Å²) < 4.78 is 25.0. The van der Waals surface area contributed by atoms with Crippen LogP contribution in [0.1, 0.15) is 23.1 Å². The molecular weight excluding hydrogens is 228 g/mol. The third-order valence-corrected chi connectivity index (χ3v) is 2.16. The Labute approximate surface area is 89.7 Å². The maximum atomic E-state index is 12.5. The van der Waals surface area contributed by atoms with Crippen molar-refractivity contribution in [3.8, 4) is 0 Å². The third kappa shape index (κ3) is 2.86. The monoisotopic (exact) mass is 235 g/mol. The zero-order valence-electron chi connectivity index (χ0n) is 7.58. The summed E-state index contributed by atoms with van der Waals surface area (Å²) in [5, 5.41) is 8.56. The number of aliphatic carboxylic acids is 1. The minimum Gasteiger partial charge on any atom is -0.481 e. The van der Waals surface area contributed by atoms with Gasteiger partial charge in [-0.2, -0.15) is 0 Å². The third-order valence-electron chi connectivity index (χ3n) is 1.89. The molecule has 15 heavy (non-hydrogen) atoms. The Kier molecular flexibility index (Phi) is 3.96. The molecule has 0 amide bonds. The second-order valence-corrected chi connectivity index (χ2v) is 3.14. The van der Waals surface area contributed by atoms with Crippen molar-refractivity contribution in [2.24, 2.45) is 0 Å². The van der Waals surface area contributed by atoms with Gasteiger partial charge in [0.25, 0.3) is 6.43 Å². The molecule has 0 spiro atoms. The lowest BCUT2D eigenvalue weighted by atomic mass is 10.0. The predicted octanol–water partition coefficient (Wildman–Crippen LogP) is 2.39. The number of carbonyl (C=O) groups is 1. The minimum atomic E-state index is -2.69. The molecule has 3 nitrogen and oxygen atoms in total. The summed E-state index contributed by atoms with van der Waals surface area (Å²) in [6.07, 6.45) is -0.791. The van der Waals surface area contributed by atoms with E-state index in [4.69, 9.17) is 16.7 Å². The van der Waals surface area contributed by atoms with Crippen LogP contribution in [-0.2, 0) is 17.1 Å². The van der Waals surface area contributed by atoms with Crippen LogP contribution in [0.3, 0.4) is 0 Å². The van der Waals surface area contributed by atoms with E-state index in [-0.39, 0.29) is 29.0 Å². The molecule has 6 heteroatoms. The van der Waals surface area contributed by atoms with E-state index in [2.05, 4.69) is 4.98 Å². The summed E-state index contributed by atoms with van der Waals surface area (Å²) in [5.74, 6) is -1.25. The van der Waals surface area contributed by atoms with E-state index in [1.165, 1.54) is 6.20 Å². The Morgan fingerprint density at radius 3 is 2.67 bits per heavy atom. The molecule has 0 aliphatic rings. The lowest BCUT2D eigenvalue weighted by Gasteiger charge is -2.09. The summed E-state index contributed by atoms with van der Waals surface area (Å²) in [5.41, 5.74) is 0.0862. The molecule has 1 N–H and O–H groups in total. The molecule has 0 aromatic carbocycles. The van der Waals surface area contributed by atoms with Gasteiger partial charge in [-0.1, -0.05) is 0 Å². The number of rotatable bonds is 4. The van der Waals surface area contributed by atoms with E-state index >= 15 is 0 Å². The van der Waals surface area contributed by atoms with E-state index in [9.17, 15) is 13.6 Å². The van der Waals surface area contributed by atoms with Crippen molar-refractivity contribution in [3.63, 3.8) is 0 Å². The van der Waals surface area contributed by atoms with E-state index in [1.807, 2.05) is 0 Å². The topological polar surface area (TPSA) is 50.2 Å². The molecule has 0 unspecified atom stereocenters. The van der Waals surface area contributed by atoms with E-state index in [0.717, 1.165) is 6.20 Å². The van der Waals surface area contributed by atoms with Crippen molar-refractivity contribution in [1.29, 1.82) is 0 Å². The van der Waals surface area contributed by atoms with Crippen molar-refractivity contribution in [3.05, 3.63) is 29.1 Å². The number of carboxylic acid groups (broad SMARTS) is 1. The first-order valence-corrected chi connectivity index (χ1v) is 4.61. The molecule has 0 saturated carbocycles. The molecule has 1 aromatic heterocycles. The second-order valence-electron chi connectivity index (χ2n) is 2.87. The van der Waals surface area contributed by atoms with Crippen molar-refractivity contribution >= 4 is 17.6 Å². The summed E-state index contributed by atoms with van der Waals surface area (Å²) >= 11 is 5.51. The van der Waals surface area contributed by atoms with Crippen molar-refractivity contribution < 1.29 is 18.7 Å². The zero-order chi connectivity index (χ0) is 11.4. The van der Waals surface area contributed by atoms with Gasteiger partial charge in [0.1, 0.15) is 0 Å². The number of nitrogens with zero attached hydrogens (tertiary/aromatic N) is 1. The maximum Gasteiger partial charge on any atom is 0.307 e. The molecule has 0 atom stereocenters. The lowest BCUT2D eigenvalue weighted by molar-refractivity contribution is -0.136. The van der Waals surface area contributed by atoms with Gasteiger partial charge >= 0.3 is 5.97 Å². The Bertz CT molecular complexity index is 371. The highest BCUT2D eigenvalue weighted by atomic mass is 35.5. The highest BCUT2D eigenvalue weighted by Gasteiger charge is 2.17. The van der Waals surface area contributed by atoms with Gasteiger partial charge in [-0.15, -0.1) is 11.6 Å². The summed E-state index contributed by atoms with van der Waals surface area (Å²) in [7, 11) is 0. The zero-order valence-corrected chi connectivity index (χ0v) is 8.34. The van der Waals surface area contributed by atoms with Crippen LogP contribution in [-0.4, -0.2) is 16.1 Å². The highest BCUT2D eigenvalue weighted by Crippen LogP contribution is 2.26. The molecule has 0 fully saturated rings. The maximum absolute atomic E-state index is 12.5. The largest absolute Gasteiger partial charge is 0.481 e. The molecule has 82 valence electrons. The summed E-state index contributed by atoms with van der Waals surface area (Å²) in [6.45, 7) is 0. The van der Waals surface area contributed by atoms with Crippen LogP contribution < -0.4 is 0 Å². The van der Waals surface area contributed by atoms with E-state index in [1.54, 1.807) is 0 Å². The Balaban J connectivity index is 3.15. The Morgan fingerprint density at radius 1 is 1.53 bits per heavy atom. The molecular formula is C9H8ClF2NO2. The van der Waals surface area contributed by atoms with Crippen molar-refractivity contribution in [1.82, 2.24) is 4.98 Å². The van der Waals surface area contributed by atoms with E-state index in [0.29, 0.717) is 0 Å². The molecule has 0 aliphatic heterocycles.